The standard InChI is InChI=1S/C10H13Cl2NO2/c1-2-4-10-5-3-6-13(10)8(7(11)12)15-9(10)14/h2,7-8H,1,3-6H2. The van der Waals surface area contributed by atoms with E-state index < -0.39 is 16.6 Å². The lowest BCUT2D eigenvalue weighted by Crippen LogP contribution is -2.46. The highest BCUT2D eigenvalue weighted by Crippen LogP contribution is 2.43. The van der Waals surface area contributed by atoms with Gasteiger partial charge in [0.15, 0.2) is 11.1 Å². The van der Waals surface area contributed by atoms with Gasteiger partial charge in [-0.1, -0.05) is 29.3 Å². The molecule has 2 aliphatic heterocycles. The minimum absolute atomic E-state index is 0.212. The molecule has 0 radical (unpaired) electrons. The number of cyclic esters (lactones) is 1. The number of nitrogens with zero attached hydrogens (tertiary/aromatic N) is 1. The Kier molecular flexibility index (Phi) is 2.97. The number of alkyl halides is 2. The first-order valence-corrected chi connectivity index (χ1v) is 5.86. The van der Waals surface area contributed by atoms with Gasteiger partial charge >= 0.3 is 5.97 Å². The lowest BCUT2D eigenvalue weighted by Gasteiger charge is -2.28. The van der Waals surface area contributed by atoms with Crippen LogP contribution in [0.15, 0.2) is 12.7 Å². The summed E-state index contributed by atoms with van der Waals surface area (Å²) in [5, 5.41) is 0. The third-order valence-electron chi connectivity index (χ3n) is 3.15. The highest BCUT2D eigenvalue weighted by molar-refractivity contribution is 6.44. The minimum atomic E-state index is -0.696. The molecule has 2 fully saturated rings. The van der Waals surface area contributed by atoms with E-state index in [1.165, 1.54) is 0 Å². The van der Waals surface area contributed by atoms with Gasteiger partial charge in [-0.05, 0) is 19.3 Å². The molecule has 0 amide bonds. The number of ether oxygens (including phenoxy) is 1. The molecular weight excluding hydrogens is 237 g/mol. The molecule has 2 heterocycles. The summed E-state index contributed by atoms with van der Waals surface area (Å²) in [6.07, 6.45) is 3.63. The number of esters is 1. The molecule has 2 rings (SSSR count). The van der Waals surface area contributed by atoms with Gasteiger partial charge < -0.3 is 4.74 Å². The van der Waals surface area contributed by atoms with E-state index in [2.05, 4.69) is 6.58 Å². The quantitative estimate of drug-likeness (QED) is 0.436. The molecule has 0 aromatic heterocycles. The number of carbonyl (C=O) groups is 1. The molecule has 0 aromatic carbocycles. The van der Waals surface area contributed by atoms with Crippen LogP contribution in [-0.4, -0.2) is 34.0 Å². The van der Waals surface area contributed by atoms with Gasteiger partial charge in [-0.3, -0.25) is 0 Å². The van der Waals surface area contributed by atoms with Crippen LogP contribution in [0.4, 0.5) is 0 Å². The van der Waals surface area contributed by atoms with Crippen LogP contribution < -0.4 is 0 Å². The molecule has 0 bridgehead atoms. The molecule has 84 valence electrons. The summed E-state index contributed by atoms with van der Waals surface area (Å²) in [5.41, 5.74) is -0.547. The van der Waals surface area contributed by atoms with Gasteiger partial charge in [-0.15, -0.1) is 6.58 Å². The lowest BCUT2D eigenvalue weighted by molar-refractivity contribution is -0.145. The number of halogens is 2. The normalized spacial score (nSPS) is 35.7. The first kappa shape index (κ1) is 11.2. The van der Waals surface area contributed by atoms with Crippen LogP contribution in [0.2, 0.25) is 0 Å². The maximum atomic E-state index is 11.9. The van der Waals surface area contributed by atoms with Crippen molar-refractivity contribution in [1.29, 1.82) is 0 Å². The van der Waals surface area contributed by atoms with Gasteiger partial charge in [0.05, 0.1) is 0 Å². The van der Waals surface area contributed by atoms with Crippen LogP contribution in [0, 0.1) is 0 Å². The molecule has 3 nitrogen and oxygen atoms in total. The number of fused-ring (bicyclic) bond motifs is 1. The van der Waals surface area contributed by atoms with Gasteiger partial charge in [0, 0.05) is 6.54 Å². The Morgan fingerprint density at radius 2 is 2.47 bits per heavy atom. The Bertz CT molecular complexity index is 295. The Morgan fingerprint density at radius 1 is 1.73 bits per heavy atom. The van der Waals surface area contributed by atoms with E-state index in [1.807, 2.05) is 4.90 Å². The average molecular weight is 250 g/mol. The lowest BCUT2D eigenvalue weighted by atomic mass is 9.93. The molecule has 0 aromatic rings. The smallest absolute Gasteiger partial charge is 0.328 e. The van der Waals surface area contributed by atoms with Gasteiger partial charge in [0.25, 0.3) is 0 Å². The second-order valence-electron chi connectivity index (χ2n) is 3.95. The van der Waals surface area contributed by atoms with Crippen LogP contribution in [0.1, 0.15) is 19.3 Å². The van der Waals surface area contributed by atoms with E-state index in [0.717, 1.165) is 19.4 Å². The van der Waals surface area contributed by atoms with Crippen LogP contribution in [-0.2, 0) is 9.53 Å². The van der Waals surface area contributed by atoms with Crippen LogP contribution in [0.25, 0.3) is 0 Å². The van der Waals surface area contributed by atoms with Crippen molar-refractivity contribution in [2.75, 3.05) is 6.54 Å². The zero-order chi connectivity index (χ0) is 11.1. The molecule has 2 aliphatic rings. The molecular formula is C10H13Cl2NO2. The van der Waals surface area contributed by atoms with Gasteiger partial charge in [-0.2, -0.15) is 0 Å². The maximum Gasteiger partial charge on any atom is 0.328 e. The molecule has 15 heavy (non-hydrogen) atoms. The predicted octanol–water partition coefficient (Wildman–Crippen LogP) is 2.08. The third-order valence-corrected chi connectivity index (χ3v) is 3.58. The highest BCUT2D eigenvalue weighted by Gasteiger charge is 2.58. The van der Waals surface area contributed by atoms with Crippen LogP contribution in [0.3, 0.4) is 0 Å². The van der Waals surface area contributed by atoms with Gasteiger partial charge in [0.1, 0.15) is 5.54 Å². The van der Waals surface area contributed by atoms with Gasteiger partial charge in [0.2, 0.25) is 0 Å². The first-order valence-electron chi connectivity index (χ1n) is 4.99. The number of carbonyl (C=O) groups excluding carboxylic acids is 1. The first-order chi connectivity index (χ1) is 7.12. The Hall–Kier alpha value is -0.250. The van der Waals surface area contributed by atoms with Crippen molar-refractivity contribution in [3.63, 3.8) is 0 Å². The van der Waals surface area contributed by atoms with Crippen molar-refractivity contribution in [3.8, 4) is 0 Å². The van der Waals surface area contributed by atoms with Gasteiger partial charge in [-0.25, -0.2) is 9.69 Å². The van der Waals surface area contributed by atoms with Crippen molar-refractivity contribution >= 4 is 29.2 Å². The highest BCUT2D eigenvalue weighted by atomic mass is 35.5. The van der Waals surface area contributed by atoms with Crippen LogP contribution >= 0.6 is 23.2 Å². The zero-order valence-electron chi connectivity index (χ0n) is 8.29. The topological polar surface area (TPSA) is 29.5 Å². The predicted molar refractivity (Wildman–Crippen MR) is 58.9 cm³/mol. The summed E-state index contributed by atoms with van der Waals surface area (Å²) in [7, 11) is 0. The van der Waals surface area contributed by atoms with Crippen molar-refractivity contribution in [1.82, 2.24) is 4.90 Å². The number of hydrogen-bond acceptors (Lipinski definition) is 3. The second kappa shape index (κ2) is 3.96. The second-order valence-corrected chi connectivity index (χ2v) is 5.12. The fourth-order valence-corrected chi connectivity index (χ4v) is 2.88. The molecule has 2 saturated heterocycles. The summed E-state index contributed by atoms with van der Waals surface area (Å²) in [6, 6.07) is 0. The SMILES string of the molecule is C=CCC12CCCN1C(C(Cl)Cl)OC2=O. The monoisotopic (exact) mass is 249 g/mol. The molecule has 0 aliphatic carbocycles. The van der Waals surface area contributed by atoms with Crippen molar-refractivity contribution in [2.24, 2.45) is 0 Å². The van der Waals surface area contributed by atoms with E-state index in [0.29, 0.717) is 6.42 Å². The summed E-state index contributed by atoms with van der Waals surface area (Å²) in [6.45, 7) is 4.49. The Morgan fingerprint density at radius 3 is 3.07 bits per heavy atom. The summed E-state index contributed by atoms with van der Waals surface area (Å²) < 4.78 is 5.22. The Labute approximate surface area is 99.0 Å². The number of rotatable bonds is 3. The van der Waals surface area contributed by atoms with E-state index in [1.54, 1.807) is 6.08 Å². The van der Waals surface area contributed by atoms with E-state index >= 15 is 0 Å². The molecule has 0 N–H and O–H groups in total. The van der Waals surface area contributed by atoms with E-state index in [4.69, 9.17) is 27.9 Å². The molecule has 5 heteroatoms. The Balaban J connectivity index is 2.28. The zero-order valence-corrected chi connectivity index (χ0v) is 9.80. The third kappa shape index (κ3) is 1.57. The van der Waals surface area contributed by atoms with Crippen molar-refractivity contribution in [3.05, 3.63) is 12.7 Å². The molecule has 2 unspecified atom stereocenters. The van der Waals surface area contributed by atoms with Crippen molar-refractivity contribution < 1.29 is 9.53 Å². The van der Waals surface area contributed by atoms with E-state index in [9.17, 15) is 4.79 Å². The van der Waals surface area contributed by atoms with E-state index in [-0.39, 0.29) is 5.97 Å². The fraction of sp³-hybridized carbons (Fsp3) is 0.700. The largest absolute Gasteiger partial charge is 0.442 e. The average Bonchev–Trinajstić information content (AvgIpc) is 2.67. The minimum Gasteiger partial charge on any atom is -0.442 e. The molecule has 0 spiro atoms. The summed E-state index contributed by atoms with van der Waals surface area (Å²) >= 11 is 11.6. The fourth-order valence-electron chi connectivity index (χ4n) is 2.50. The summed E-state index contributed by atoms with van der Waals surface area (Å²) in [4.78, 5) is 13.1. The van der Waals surface area contributed by atoms with Crippen LogP contribution in [0.5, 0.6) is 0 Å². The molecule has 2 atom stereocenters. The molecule has 0 saturated carbocycles. The maximum absolute atomic E-state index is 11.9. The number of hydrogen-bond donors (Lipinski definition) is 0. The van der Waals surface area contributed by atoms with Crippen molar-refractivity contribution in [2.45, 2.75) is 35.9 Å². The summed E-state index contributed by atoms with van der Waals surface area (Å²) in [5.74, 6) is -0.212.